The van der Waals surface area contributed by atoms with Gasteiger partial charge < -0.3 is 29.2 Å². The van der Waals surface area contributed by atoms with E-state index in [4.69, 9.17) is 13.9 Å². The van der Waals surface area contributed by atoms with Gasteiger partial charge in [0.1, 0.15) is 29.6 Å². The lowest BCUT2D eigenvalue weighted by molar-refractivity contribution is -0.268. The maximum atomic E-state index is 11.4. The lowest BCUT2D eigenvalue weighted by Crippen LogP contribution is -2.58. The minimum Gasteiger partial charge on any atom is -0.462 e. The van der Waals surface area contributed by atoms with Gasteiger partial charge in [-0.2, -0.15) is 0 Å². The molecule has 1 aliphatic rings. The van der Waals surface area contributed by atoms with Crippen LogP contribution in [-0.4, -0.2) is 46.0 Å². The van der Waals surface area contributed by atoms with Crippen molar-refractivity contribution in [2.24, 2.45) is 0 Å². The molecule has 5 atom stereocenters. The van der Waals surface area contributed by atoms with E-state index in [0.717, 1.165) is 10.9 Å². The molecule has 0 radical (unpaired) electrons. The van der Waals surface area contributed by atoms with Crippen molar-refractivity contribution in [3.05, 3.63) is 40.2 Å². The molecule has 7 heteroatoms. The summed E-state index contributed by atoms with van der Waals surface area (Å²) in [6, 6.07) is 6.29. The summed E-state index contributed by atoms with van der Waals surface area (Å²) >= 11 is 0. The molecule has 3 rings (SSSR count). The minimum atomic E-state index is -1.40. The maximum Gasteiger partial charge on any atom is 0.336 e. The summed E-state index contributed by atoms with van der Waals surface area (Å²) in [5.74, 6) is 0.311. The first-order valence-corrected chi connectivity index (χ1v) is 7.27. The van der Waals surface area contributed by atoms with Crippen molar-refractivity contribution in [1.82, 2.24) is 0 Å². The molecule has 1 aliphatic heterocycles. The molecular formula is C16H18O7. The molecule has 1 aromatic carbocycles. The Morgan fingerprint density at radius 3 is 2.57 bits per heavy atom. The molecule has 1 saturated heterocycles. The van der Waals surface area contributed by atoms with Gasteiger partial charge in [-0.05, 0) is 31.5 Å². The molecule has 0 saturated carbocycles. The van der Waals surface area contributed by atoms with Crippen LogP contribution in [0.4, 0.5) is 0 Å². The first-order valence-electron chi connectivity index (χ1n) is 7.27. The van der Waals surface area contributed by atoms with Gasteiger partial charge in [-0.1, -0.05) is 0 Å². The highest BCUT2D eigenvalue weighted by atomic mass is 16.7. The van der Waals surface area contributed by atoms with E-state index in [0.29, 0.717) is 11.3 Å². The van der Waals surface area contributed by atoms with Gasteiger partial charge >= 0.3 is 5.63 Å². The molecule has 3 N–H and O–H groups in total. The highest BCUT2D eigenvalue weighted by Crippen LogP contribution is 2.27. The summed E-state index contributed by atoms with van der Waals surface area (Å²) in [5, 5.41) is 30.2. The molecular weight excluding hydrogens is 304 g/mol. The molecule has 2 heterocycles. The van der Waals surface area contributed by atoms with Crippen molar-refractivity contribution in [3.63, 3.8) is 0 Å². The van der Waals surface area contributed by atoms with E-state index in [9.17, 15) is 20.1 Å². The monoisotopic (exact) mass is 322 g/mol. The Bertz CT molecular complexity index is 769. The standard InChI is InChI=1S/C16H18O7/c1-7-5-12(17)23-11-6-9(3-4-10(7)11)22-16-15(20)14(19)13(18)8(2)21-16/h3-6,8,13-16,18-20H,1-2H3/t8-,13+,14+,15-,16-/m0/s1. The van der Waals surface area contributed by atoms with Gasteiger partial charge in [-0.25, -0.2) is 4.79 Å². The Hall–Kier alpha value is -1.93. The van der Waals surface area contributed by atoms with Gasteiger partial charge in [0.25, 0.3) is 0 Å². The zero-order chi connectivity index (χ0) is 16.7. The quantitative estimate of drug-likeness (QED) is 0.683. The van der Waals surface area contributed by atoms with Crippen LogP contribution in [0.2, 0.25) is 0 Å². The third-order valence-corrected chi connectivity index (χ3v) is 3.98. The molecule has 7 nitrogen and oxygen atoms in total. The fraction of sp³-hybridized carbons (Fsp3) is 0.438. The molecule has 0 amide bonds. The average molecular weight is 322 g/mol. The van der Waals surface area contributed by atoms with Gasteiger partial charge in [0.05, 0.1) is 6.10 Å². The number of aryl methyl sites for hydroxylation is 1. The summed E-state index contributed by atoms with van der Waals surface area (Å²) in [4.78, 5) is 11.4. The zero-order valence-corrected chi connectivity index (χ0v) is 12.7. The number of rotatable bonds is 2. The molecule has 1 fully saturated rings. The molecule has 2 aromatic rings. The number of aliphatic hydroxyl groups excluding tert-OH is 3. The van der Waals surface area contributed by atoms with Crippen molar-refractivity contribution in [2.75, 3.05) is 0 Å². The van der Waals surface area contributed by atoms with Gasteiger partial charge in [0.2, 0.25) is 6.29 Å². The lowest BCUT2D eigenvalue weighted by atomic mass is 10.00. The first kappa shape index (κ1) is 15.9. The van der Waals surface area contributed by atoms with E-state index in [1.807, 2.05) is 0 Å². The number of hydrogen-bond acceptors (Lipinski definition) is 7. The maximum absolute atomic E-state index is 11.4. The largest absolute Gasteiger partial charge is 0.462 e. The van der Waals surface area contributed by atoms with Crippen LogP contribution >= 0.6 is 0 Å². The van der Waals surface area contributed by atoms with Crippen LogP contribution in [0.1, 0.15) is 12.5 Å². The van der Waals surface area contributed by atoms with Crippen LogP contribution in [0.3, 0.4) is 0 Å². The van der Waals surface area contributed by atoms with Gasteiger partial charge in [-0.3, -0.25) is 0 Å². The van der Waals surface area contributed by atoms with Crippen LogP contribution in [0.15, 0.2) is 33.5 Å². The summed E-state index contributed by atoms with van der Waals surface area (Å²) in [6.45, 7) is 3.37. The summed E-state index contributed by atoms with van der Waals surface area (Å²) in [5.41, 5.74) is 0.670. The van der Waals surface area contributed by atoms with Crippen LogP contribution in [0, 0.1) is 6.92 Å². The topological polar surface area (TPSA) is 109 Å². The molecule has 23 heavy (non-hydrogen) atoms. The second-order valence-electron chi connectivity index (χ2n) is 5.71. The lowest BCUT2D eigenvalue weighted by Gasteiger charge is -2.38. The van der Waals surface area contributed by atoms with E-state index < -0.39 is 36.3 Å². The molecule has 0 spiro atoms. The van der Waals surface area contributed by atoms with E-state index in [1.54, 1.807) is 26.0 Å². The van der Waals surface area contributed by atoms with Crippen molar-refractivity contribution >= 4 is 11.0 Å². The first-order chi connectivity index (χ1) is 10.9. The van der Waals surface area contributed by atoms with E-state index in [1.165, 1.54) is 12.1 Å². The molecule has 0 aliphatic carbocycles. The van der Waals surface area contributed by atoms with Crippen molar-refractivity contribution in [3.8, 4) is 5.75 Å². The van der Waals surface area contributed by atoms with Crippen LogP contribution < -0.4 is 10.4 Å². The van der Waals surface area contributed by atoms with E-state index >= 15 is 0 Å². The average Bonchev–Trinajstić information content (AvgIpc) is 2.50. The molecule has 124 valence electrons. The third kappa shape index (κ3) is 2.96. The second kappa shape index (κ2) is 5.93. The smallest absolute Gasteiger partial charge is 0.336 e. The van der Waals surface area contributed by atoms with Crippen LogP contribution in [0.5, 0.6) is 5.75 Å². The van der Waals surface area contributed by atoms with Gasteiger partial charge in [0.15, 0.2) is 0 Å². The number of hydrogen-bond donors (Lipinski definition) is 3. The minimum absolute atomic E-state index is 0.311. The van der Waals surface area contributed by atoms with E-state index in [-0.39, 0.29) is 0 Å². The summed E-state index contributed by atoms with van der Waals surface area (Å²) in [6.07, 6.45) is -5.80. The fourth-order valence-electron chi connectivity index (χ4n) is 2.62. The predicted octanol–water partition coefficient (Wildman–Crippen LogP) is 0.308. The number of benzene rings is 1. The van der Waals surface area contributed by atoms with Crippen LogP contribution in [0.25, 0.3) is 11.0 Å². The van der Waals surface area contributed by atoms with Crippen LogP contribution in [-0.2, 0) is 4.74 Å². The number of aliphatic hydroxyl groups is 3. The Balaban J connectivity index is 1.88. The summed E-state index contributed by atoms with van der Waals surface area (Å²) in [7, 11) is 0. The van der Waals surface area contributed by atoms with Gasteiger partial charge in [-0.15, -0.1) is 0 Å². The van der Waals surface area contributed by atoms with Gasteiger partial charge in [0, 0.05) is 17.5 Å². The number of ether oxygens (including phenoxy) is 2. The molecule has 1 aromatic heterocycles. The highest BCUT2D eigenvalue weighted by Gasteiger charge is 2.43. The fourth-order valence-corrected chi connectivity index (χ4v) is 2.62. The van der Waals surface area contributed by atoms with Crippen molar-refractivity contribution in [1.29, 1.82) is 0 Å². The third-order valence-electron chi connectivity index (χ3n) is 3.98. The Kier molecular flexibility index (Phi) is 4.11. The predicted molar refractivity (Wildman–Crippen MR) is 80.2 cm³/mol. The number of fused-ring (bicyclic) bond motifs is 1. The molecule has 0 unspecified atom stereocenters. The zero-order valence-electron chi connectivity index (χ0n) is 12.7. The Morgan fingerprint density at radius 1 is 1.09 bits per heavy atom. The summed E-state index contributed by atoms with van der Waals surface area (Å²) < 4.78 is 16.0. The van der Waals surface area contributed by atoms with E-state index in [2.05, 4.69) is 0 Å². The normalized spacial score (nSPS) is 31.3. The van der Waals surface area contributed by atoms with Crippen molar-refractivity contribution in [2.45, 2.75) is 44.6 Å². The Labute approximate surface area is 131 Å². The van der Waals surface area contributed by atoms with Crippen molar-refractivity contribution < 1.29 is 29.2 Å². The highest BCUT2D eigenvalue weighted by molar-refractivity contribution is 5.81. The molecule has 0 bridgehead atoms. The SMILES string of the molecule is Cc1cc(=O)oc2cc(O[C@@H]3O[C@@H](C)[C@@H](O)[C@@H](O)[C@@H]3O)ccc12. The Morgan fingerprint density at radius 2 is 1.83 bits per heavy atom. The second-order valence-corrected chi connectivity index (χ2v) is 5.71.